The minimum Gasteiger partial charge on any atom is -0.325 e. The van der Waals surface area contributed by atoms with Crippen LogP contribution in [0, 0.1) is 0 Å². The molecular weight excluding hydrogens is 336 g/mol. The van der Waals surface area contributed by atoms with Gasteiger partial charge in [0.1, 0.15) is 0 Å². The second-order valence-electron chi connectivity index (χ2n) is 6.03. The molecule has 0 atom stereocenters. The van der Waals surface area contributed by atoms with Gasteiger partial charge in [-0.2, -0.15) is 0 Å². The minimum absolute atomic E-state index is 0.0863. The van der Waals surface area contributed by atoms with Gasteiger partial charge in [0.05, 0.1) is 17.0 Å². The molecule has 1 aliphatic heterocycles. The molecule has 132 valence electrons. The molecule has 6 nitrogen and oxygen atoms in total. The van der Waals surface area contributed by atoms with Crippen molar-refractivity contribution in [3.05, 3.63) is 51.9 Å². The Kier molecular flexibility index (Phi) is 5.88. The van der Waals surface area contributed by atoms with Crippen LogP contribution in [-0.2, 0) is 17.8 Å². The first-order valence-corrected chi connectivity index (χ1v) is 9.46. The summed E-state index contributed by atoms with van der Waals surface area (Å²) in [5.41, 5.74) is 2.30. The molecule has 1 aromatic heterocycles. The fraction of sp³-hybridized carbons (Fsp3) is 0.389. The molecule has 0 saturated carbocycles. The molecule has 0 radical (unpaired) electrons. The number of nitrogens with zero attached hydrogens (tertiary/aromatic N) is 2. The van der Waals surface area contributed by atoms with Gasteiger partial charge < -0.3 is 10.3 Å². The SMILES string of the molecule is CCCN1CCc2nc(SCC(=O)Nc3ccccc3)[nH]c(=O)c2C1. The first kappa shape index (κ1) is 17.7. The van der Waals surface area contributed by atoms with Gasteiger partial charge in [-0.25, -0.2) is 4.98 Å². The number of thioether (sulfide) groups is 1. The lowest BCUT2D eigenvalue weighted by Crippen LogP contribution is -2.36. The zero-order valence-corrected chi connectivity index (χ0v) is 15.1. The van der Waals surface area contributed by atoms with Gasteiger partial charge in [0, 0.05) is 25.2 Å². The normalized spacial score (nSPS) is 14.1. The number of rotatable bonds is 6. The molecule has 2 aromatic rings. The van der Waals surface area contributed by atoms with Crippen LogP contribution in [0.15, 0.2) is 40.3 Å². The van der Waals surface area contributed by atoms with E-state index >= 15 is 0 Å². The summed E-state index contributed by atoms with van der Waals surface area (Å²) in [7, 11) is 0. The van der Waals surface area contributed by atoms with Crippen molar-refractivity contribution < 1.29 is 4.79 Å². The van der Waals surface area contributed by atoms with Crippen molar-refractivity contribution in [1.82, 2.24) is 14.9 Å². The van der Waals surface area contributed by atoms with Gasteiger partial charge >= 0.3 is 0 Å². The number of H-pyrrole nitrogens is 1. The number of hydrogen-bond acceptors (Lipinski definition) is 5. The number of amides is 1. The number of carbonyl (C=O) groups excluding carboxylic acids is 1. The van der Waals surface area contributed by atoms with Gasteiger partial charge in [-0.3, -0.25) is 14.5 Å². The van der Waals surface area contributed by atoms with Crippen LogP contribution < -0.4 is 10.9 Å². The summed E-state index contributed by atoms with van der Waals surface area (Å²) in [6.07, 6.45) is 1.86. The average molecular weight is 358 g/mol. The number of nitrogens with one attached hydrogen (secondary N) is 2. The van der Waals surface area contributed by atoms with Gasteiger partial charge in [-0.1, -0.05) is 36.9 Å². The number of benzene rings is 1. The van der Waals surface area contributed by atoms with Crippen molar-refractivity contribution in [3.8, 4) is 0 Å². The second-order valence-corrected chi connectivity index (χ2v) is 6.99. The van der Waals surface area contributed by atoms with Gasteiger partial charge in [-0.05, 0) is 25.1 Å². The Morgan fingerprint density at radius 2 is 2.16 bits per heavy atom. The smallest absolute Gasteiger partial charge is 0.256 e. The molecule has 0 aliphatic carbocycles. The molecule has 1 aromatic carbocycles. The fourth-order valence-electron chi connectivity index (χ4n) is 2.89. The van der Waals surface area contributed by atoms with E-state index in [2.05, 4.69) is 27.1 Å². The standard InChI is InChI=1S/C18H22N4O2S/c1-2-9-22-10-8-15-14(11-22)17(24)21-18(20-15)25-12-16(23)19-13-6-4-3-5-7-13/h3-7H,2,8-12H2,1H3,(H,19,23)(H,20,21,24). The number of para-hydroxylation sites is 1. The van der Waals surface area contributed by atoms with Crippen molar-refractivity contribution in [2.24, 2.45) is 0 Å². The van der Waals surface area contributed by atoms with Crippen molar-refractivity contribution in [2.45, 2.75) is 31.5 Å². The molecular formula is C18H22N4O2S. The molecule has 0 bridgehead atoms. The number of anilines is 1. The van der Waals surface area contributed by atoms with E-state index in [0.29, 0.717) is 11.7 Å². The van der Waals surface area contributed by atoms with Crippen molar-refractivity contribution in [1.29, 1.82) is 0 Å². The molecule has 7 heteroatoms. The third-order valence-corrected chi connectivity index (χ3v) is 4.94. The zero-order valence-electron chi connectivity index (χ0n) is 14.2. The van der Waals surface area contributed by atoms with Crippen LogP contribution in [-0.4, -0.2) is 39.6 Å². The van der Waals surface area contributed by atoms with Gasteiger partial charge in [0.2, 0.25) is 5.91 Å². The summed E-state index contributed by atoms with van der Waals surface area (Å²) in [6.45, 7) is 4.72. The highest BCUT2D eigenvalue weighted by Gasteiger charge is 2.20. The monoisotopic (exact) mass is 358 g/mol. The van der Waals surface area contributed by atoms with E-state index < -0.39 is 0 Å². The second kappa shape index (κ2) is 8.31. The molecule has 2 heterocycles. The molecule has 1 aliphatic rings. The lowest BCUT2D eigenvalue weighted by molar-refractivity contribution is -0.113. The summed E-state index contributed by atoms with van der Waals surface area (Å²) in [5.74, 6) is 0.0872. The summed E-state index contributed by atoms with van der Waals surface area (Å²) in [5, 5.41) is 3.33. The first-order valence-electron chi connectivity index (χ1n) is 8.48. The lowest BCUT2D eigenvalue weighted by Gasteiger charge is -2.27. The average Bonchev–Trinajstić information content (AvgIpc) is 2.62. The van der Waals surface area contributed by atoms with Crippen LogP contribution in [0.25, 0.3) is 0 Å². The van der Waals surface area contributed by atoms with Gasteiger partial charge in [0.15, 0.2) is 5.16 Å². The van der Waals surface area contributed by atoms with Crippen molar-refractivity contribution >= 4 is 23.4 Å². The molecule has 3 rings (SSSR count). The van der Waals surface area contributed by atoms with Crippen LogP contribution in [0.4, 0.5) is 5.69 Å². The van der Waals surface area contributed by atoms with Crippen LogP contribution in [0.2, 0.25) is 0 Å². The van der Waals surface area contributed by atoms with E-state index in [1.54, 1.807) is 0 Å². The van der Waals surface area contributed by atoms with Gasteiger partial charge in [-0.15, -0.1) is 0 Å². The van der Waals surface area contributed by atoms with E-state index in [0.717, 1.165) is 42.9 Å². The zero-order chi connectivity index (χ0) is 17.6. The van der Waals surface area contributed by atoms with Crippen molar-refractivity contribution in [3.63, 3.8) is 0 Å². The Hall–Kier alpha value is -2.12. The first-order chi connectivity index (χ1) is 12.2. The van der Waals surface area contributed by atoms with E-state index in [-0.39, 0.29) is 17.2 Å². The Morgan fingerprint density at radius 3 is 2.92 bits per heavy atom. The highest BCUT2D eigenvalue weighted by Crippen LogP contribution is 2.18. The highest BCUT2D eigenvalue weighted by molar-refractivity contribution is 7.99. The number of aromatic amines is 1. The third kappa shape index (κ3) is 4.70. The van der Waals surface area contributed by atoms with E-state index in [9.17, 15) is 9.59 Å². The van der Waals surface area contributed by atoms with Crippen LogP contribution in [0.3, 0.4) is 0 Å². The maximum absolute atomic E-state index is 12.3. The fourth-order valence-corrected chi connectivity index (χ4v) is 3.57. The van der Waals surface area contributed by atoms with Crippen LogP contribution in [0.1, 0.15) is 24.6 Å². The number of hydrogen-bond donors (Lipinski definition) is 2. The molecule has 1 amide bonds. The predicted molar refractivity (Wildman–Crippen MR) is 99.9 cm³/mol. The number of fused-ring (bicyclic) bond motifs is 1. The minimum atomic E-state index is -0.120. The highest BCUT2D eigenvalue weighted by atomic mass is 32.2. The predicted octanol–water partition coefficient (Wildman–Crippen LogP) is 2.27. The topological polar surface area (TPSA) is 78.1 Å². The number of aromatic nitrogens is 2. The van der Waals surface area contributed by atoms with Crippen LogP contribution in [0.5, 0.6) is 0 Å². The largest absolute Gasteiger partial charge is 0.325 e. The maximum atomic E-state index is 12.3. The summed E-state index contributed by atoms with van der Waals surface area (Å²) in [4.78, 5) is 34.0. The van der Waals surface area contributed by atoms with Crippen molar-refractivity contribution in [2.75, 3.05) is 24.2 Å². The third-order valence-electron chi connectivity index (χ3n) is 4.06. The molecule has 0 spiro atoms. The molecule has 2 N–H and O–H groups in total. The van der Waals surface area contributed by atoms with E-state index in [1.165, 1.54) is 11.8 Å². The number of carbonyl (C=O) groups is 1. The summed E-state index contributed by atoms with van der Waals surface area (Å²) < 4.78 is 0. The Balaban J connectivity index is 1.61. The Morgan fingerprint density at radius 1 is 1.36 bits per heavy atom. The van der Waals surface area contributed by atoms with Gasteiger partial charge in [0.25, 0.3) is 5.56 Å². The lowest BCUT2D eigenvalue weighted by atomic mass is 10.1. The van der Waals surface area contributed by atoms with E-state index in [4.69, 9.17) is 0 Å². The summed E-state index contributed by atoms with van der Waals surface area (Å²) in [6, 6.07) is 9.31. The Labute approximate surface area is 151 Å². The molecule has 0 unspecified atom stereocenters. The van der Waals surface area contributed by atoms with E-state index in [1.807, 2.05) is 30.3 Å². The molecule has 0 saturated heterocycles. The molecule has 0 fully saturated rings. The quantitative estimate of drug-likeness (QED) is 0.612. The molecule has 25 heavy (non-hydrogen) atoms. The Bertz CT molecular complexity index is 791. The van der Waals surface area contributed by atoms with Crippen LogP contribution >= 0.6 is 11.8 Å². The summed E-state index contributed by atoms with van der Waals surface area (Å²) >= 11 is 1.25. The maximum Gasteiger partial charge on any atom is 0.256 e.